The zero-order valence-corrected chi connectivity index (χ0v) is 20.3. The van der Waals surface area contributed by atoms with E-state index >= 15 is 0 Å². The quantitative estimate of drug-likeness (QED) is 0.531. The van der Waals surface area contributed by atoms with Crippen LogP contribution in [0, 0.1) is 22.7 Å². The molecule has 1 amide bonds. The Morgan fingerprint density at radius 3 is 2.59 bits per heavy atom. The van der Waals surface area contributed by atoms with Crippen molar-refractivity contribution in [1.29, 1.82) is 0 Å². The molecule has 186 valence electrons. The summed E-state index contributed by atoms with van der Waals surface area (Å²) >= 11 is 0. The Bertz CT molecular complexity index is 1070. The Kier molecular flexibility index (Phi) is 5.06. The number of phenolic OH excluding ortho intramolecular Hbond substituents is 1. The first-order chi connectivity index (χ1) is 15.9. The Balaban J connectivity index is 1.59. The Morgan fingerprint density at radius 1 is 1.24 bits per heavy atom. The van der Waals surface area contributed by atoms with E-state index in [0.717, 1.165) is 24.2 Å². The summed E-state index contributed by atoms with van der Waals surface area (Å²) in [6, 6.07) is 0.0704. The van der Waals surface area contributed by atoms with E-state index in [0.29, 0.717) is 29.7 Å². The SMILES string of the molecule is C[C@H]1CC[C@@H]2C(C)(C)[C@@H](O)CC[C@@]2(C)[C@]12Cc1c(O)cc3c(c1O2)CN([C@@H](CO)C(=O)O)C3=O. The lowest BCUT2D eigenvalue weighted by Crippen LogP contribution is -2.66. The smallest absolute Gasteiger partial charge is 0.328 e. The van der Waals surface area contributed by atoms with E-state index in [2.05, 4.69) is 27.7 Å². The number of aliphatic carboxylic acids is 1. The summed E-state index contributed by atoms with van der Waals surface area (Å²) in [5.41, 5.74) is 0.372. The first-order valence-electron chi connectivity index (χ1n) is 12.3. The molecule has 0 aromatic heterocycles. The number of phenols is 1. The number of carboxylic acid groups (broad SMARTS) is 1. The van der Waals surface area contributed by atoms with Crippen molar-refractivity contribution in [3.05, 3.63) is 22.8 Å². The number of hydrogen-bond acceptors (Lipinski definition) is 6. The van der Waals surface area contributed by atoms with Crippen molar-refractivity contribution in [1.82, 2.24) is 4.90 Å². The zero-order chi connectivity index (χ0) is 24.8. The van der Waals surface area contributed by atoms with Crippen LogP contribution in [0.2, 0.25) is 0 Å². The summed E-state index contributed by atoms with van der Waals surface area (Å²) in [6.07, 6.45) is 3.55. The van der Waals surface area contributed by atoms with Crippen LogP contribution < -0.4 is 4.74 Å². The van der Waals surface area contributed by atoms with Gasteiger partial charge < -0.3 is 30.1 Å². The Labute approximate surface area is 199 Å². The fourth-order valence-corrected chi connectivity index (χ4v) is 7.85. The van der Waals surface area contributed by atoms with Crippen LogP contribution in [-0.4, -0.2) is 61.6 Å². The van der Waals surface area contributed by atoms with E-state index < -0.39 is 30.1 Å². The van der Waals surface area contributed by atoms with Gasteiger partial charge in [-0.25, -0.2) is 4.79 Å². The van der Waals surface area contributed by atoms with Crippen LogP contribution in [0.25, 0.3) is 0 Å². The summed E-state index contributed by atoms with van der Waals surface area (Å²) in [5.74, 6) is -0.897. The van der Waals surface area contributed by atoms with Crippen LogP contribution in [0.1, 0.15) is 74.9 Å². The highest BCUT2D eigenvalue weighted by molar-refractivity contribution is 6.02. The average molecular weight is 474 g/mol. The van der Waals surface area contributed by atoms with Gasteiger partial charge in [0.15, 0.2) is 6.04 Å². The molecule has 2 heterocycles. The van der Waals surface area contributed by atoms with Gasteiger partial charge in [-0.05, 0) is 49.0 Å². The predicted octanol–water partition coefficient (Wildman–Crippen LogP) is 2.70. The van der Waals surface area contributed by atoms with Crippen molar-refractivity contribution in [2.24, 2.45) is 22.7 Å². The van der Waals surface area contributed by atoms with Gasteiger partial charge in [-0.1, -0.05) is 27.7 Å². The molecule has 2 saturated carbocycles. The highest BCUT2D eigenvalue weighted by Gasteiger charge is 2.67. The number of carboxylic acids is 1. The molecule has 2 aliphatic heterocycles. The summed E-state index contributed by atoms with van der Waals surface area (Å²) in [4.78, 5) is 25.8. The van der Waals surface area contributed by atoms with Crippen LogP contribution in [0.15, 0.2) is 6.07 Å². The summed E-state index contributed by atoms with van der Waals surface area (Å²) in [6.45, 7) is 8.04. The molecule has 1 spiro atoms. The molecule has 1 aromatic rings. The average Bonchev–Trinajstić information content (AvgIpc) is 3.32. The monoisotopic (exact) mass is 473 g/mol. The van der Waals surface area contributed by atoms with Crippen LogP contribution in [0.3, 0.4) is 0 Å². The highest BCUT2D eigenvalue weighted by Crippen LogP contribution is 2.67. The number of aromatic hydroxyl groups is 1. The van der Waals surface area contributed by atoms with E-state index in [1.165, 1.54) is 6.07 Å². The molecule has 0 radical (unpaired) electrons. The molecule has 34 heavy (non-hydrogen) atoms. The molecular formula is C26H35NO7. The number of fused-ring (bicyclic) bond motifs is 5. The lowest BCUT2D eigenvalue weighted by molar-refractivity contribution is -0.210. The minimum Gasteiger partial charge on any atom is -0.508 e. The number of aliphatic hydroxyl groups excluding tert-OH is 2. The van der Waals surface area contributed by atoms with E-state index in [1.54, 1.807) is 0 Å². The largest absolute Gasteiger partial charge is 0.508 e. The lowest BCUT2D eigenvalue weighted by atomic mass is 9.43. The molecule has 0 saturated heterocycles. The second-order valence-corrected chi connectivity index (χ2v) is 11.7. The van der Waals surface area contributed by atoms with Crippen LogP contribution in [-0.2, 0) is 17.8 Å². The van der Waals surface area contributed by atoms with Gasteiger partial charge in [-0.3, -0.25) is 4.79 Å². The number of carbonyl (C=O) groups is 2. The van der Waals surface area contributed by atoms with Crippen molar-refractivity contribution in [3.8, 4) is 11.5 Å². The molecule has 2 aliphatic carbocycles. The van der Waals surface area contributed by atoms with E-state index in [1.807, 2.05) is 0 Å². The fourth-order valence-electron chi connectivity index (χ4n) is 7.85. The van der Waals surface area contributed by atoms with E-state index in [-0.39, 0.29) is 46.6 Å². The second-order valence-electron chi connectivity index (χ2n) is 11.7. The molecular weight excluding hydrogens is 438 g/mol. The third kappa shape index (κ3) is 2.78. The first-order valence-corrected chi connectivity index (χ1v) is 12.3. The number of amides is 1. The number of hydrogen-bond donors (Lipinski definition) is 4. The molecule has 8 heteroatoms. The Hall–Kier alpha value is -2.32. The molecule has 0 bridgehead atoms. The maximum absolute atomic E-state index is 13.1. The maximum atomic E-state index is 13.1. The number of rotatable bonds is 3. The van der Waals surface area contributed by atoms with Crippen molar-refractivity contribution in [2.45, 2.75) is 84.1 Å². The van der Waals surface area contributed by atoms with Gasteiger partial charge in [0.05, 0.1) is 24.8 Å². The predicted molar refractivity (Wildman–Crippen MR) is 123 cm³/mol. The van der Waals surface area contributed by atoms with Crippen LogP contribution >= 0.6 is 0 Å². The third-order valence-electron chi connectivity index (χ3n) is 9.96. The molecule has 5 rings (SSSR count). The highest BCUT2D eigenvalue weighted by atomic mass is 16.5. The standard InChI is InChI=1S/C26H35NO7/c1-13-5-6-19-24(2,3)20(30)7-8-25(19,4)26(13)10-15-18(29)9-14-16(21(15)34-26)11-27(22(14)31)17(12-28)23(32)33/h9,13,17,19-20,28-30H,5-8,10-12H2,1-4H3,(H,32,33)/t13-,17-,19+,20-,25+,26-/m0/s1. The topological polar surface area (TPSA) is 128 Å². The minimum atomic E-state index is -1.36. The van der Waals surface area contributed by atoms with Gasteiger partial charge in [-0.15, -0.1) is 0 Å². The molecule has 4 N–H and O–H groups in total. The minimum absolute atomic E-state index is 0.00951. The zero-order valence-electron chi connectivity index (χ0n) is 20.3. The van der Waals surface area contributed by atoms with Crippen LogP contribution in [0.4, 0.5) is 0 Å². The molecule has 6 atom stereocenters. The van der Waals surface area contributed by atoms with Gasteiger partial charge in [-0.2, -0.15) is 0 Å². The van der Waals surface area contributed by atoms with Gasteiger partial charge in [0.1, 0.15) is 17.1 Å². The number of carbonyl (C=O) groups excluding carboxylic acids is 1. The summed E-state index contributed by atoms with van der Waals surface area (Å²) in [5, 5.41) is 40.9. The van der Waals surface area contributed by atoms with Crippen molar-refractivity contribution < 1.29 is 34.8 Å². The third-order valence-corrected chi connectivity index (χ3v) is 9.96. The van der Waals surface area contributed by atoms with Crippen molar-refractivity contribution in [3.63, 3.8) is 0 Å². The Morgan fingerprint density at radius 2 is 1.94 bits per heavy atom. The van der Waals surface area contributed by atoms with Crippen LogP contribution in [0.5, 0.6) is 11.5 Å². The lowest BCUT2D eigenvalue weighted by Gasteiger charge is -2.64. The van der Waals surface area contributed by atoms with Gasteiger partial charge in [0, 0.05) is 23.0 Å². The second kappa shape index (κ2) is 7.34. The first kappa shape index (κ1) is 23.4. The molecule has 0 unspecified atom stereocenters. The number of benzene rings is 1. The molecule has 2 fully saturated rings. The normalized spacial score (nSPS) is 36.6. The molecule has 4 aliphatic rings. The van der Waals surface area contributed by atoms with Crippen molar-refractivity contribution in [2.75, 3.05) is 6.61 Å². The van der Waals surface area contributed by atoms with E-state index in [9.17, 15) is 30.0 Å². The summed E-state index contributed by atoms with van der Waals surface area (Å²) in [7, 11) is 0. The molecule has 8 nitrogen and oxygen atoms in total. The maximum Gasteiger partial charge on any atom is 0.328 e. The van der Waals surface area contributed by atoms with Gasteiger partial charge >= 0.3 is 5.97 Å². The fraction of sp³-hybridized carbons (Fsp3) is 0.692. The van der Waals surface area contributed by atoms with Gasteiger partial charge in [0.25, 0.3) is 5.91 Å². The van der Waals surface area contributed by atoms with E-state index in [4.69, 9.17) is 4.74 Å². The number of nitrogens with zero attached hydrogens (tertiary/aromatic N) is 1. The van der Waals surface area contributed by atoms with Crippen molar-refractivity contribution >= 4 is 11.9 Å². The number of ether oxygens (including phenoxy) is 1. The summed E-state index contributed by atoms with van der Waals surface area (Å²) < 4.78 is 6.91. The van der Waals surface area contributed by atoms with Gasteiger partial charge in [0.2, 0.25) is 0 Å². The number of aliphatic hydroxyl groups is 2. The molecule has 1 aromatic carbocycles.